The zero-order chi connectivity index (χ0) is 13.7. The third-order valence-electron chi connectivity index (χ3n) is 2.59. The molecule has 0 aliphatic carbocycles. The van der Waals surface area contributed by atoms with Gasteiger partial charge in [0.1, 0.15) is 11.7 Å². The highest BCUT2D eigenvalue weighted by molar-refractivity contribution is 5.98. The number of ether oxygens (including phenoxy) is 1. The van der Waals surface area contributed by atoms with Gasteiger partial charge in [-0.15, -0.1) is 0 Å². The fourth-order valence-electron chi connectivity index (χ4n) is 1.62. The average Bonchev–Trinajstić information content (AvgIpc) is 2.34. The maximum Gasteiger partial charge on any atom is 0.316 e. The average molecular weight is 251 g/mol. The summed E-state index contributed by atoms with van der Waals surface area (Å²) in [6.07, 6.45) is -0.0286. The van der Waals surface area contributed by atoms with Gasteiger partial charge in [-0.3, -0.25) is 19.7 Å². The molecule has 0 aliphatic rings. The molecule has 1 unspecified atom stereocenters. The van der Waals surface area contributed by atoms with Crippen LogP contribution in [0.1, 0.15) is 12.5 Å². The highest BCUT2D eigenvalue weighted by Crippen LogP contribution is 2.22. The highest BCUT2D eigenvalue weighted by atomic mass is 16.6. The van der Waals surface area contributed by atoms with Crippen molar-refractivity contribution >= 4 is 17.4 Å². The molecule has 0 bridgehead atoms. The molecule has 0 saturated carbocycles. The van der Waals surface area contributed by atoms with E-state index in [1.54, 1.807) is 6.07 Å². The predicted octanol–water partition coefficient (Wildman–Crippen LogP) is 1.52. The van der Waals surface area contributed by atoms with Crippen LogP contribution in [-0.4, -0.2) is 23.8 Å². The Bertz CT molecular complexity index is 483. The molecule has 0 fully saturated rings. The number of hydrogen-bond acceptors (Lipinski definition) is 5. The Hall–Kier alpha value is -2.24. The molecule has 0 spiro atoms. The Labute approximate surface area is 104 Å². The summed E-state index contributed by atoms with van der Waals surface area (Å²) in [5, 5.41) is 10.8. The summed E-state index contributed by atoms with van der Waals surface area (Å²) in [5.41, 5.74) is 0.237. The number of methoxy groups -OCH3 is 1. The van der Waals surface area contributed by atoms with Crippen LogP contribution in [0, 0.1) is 16.0 Å². The topological polar surface area (TPSA) is 86.5 Å². The minimum atomic E-state index is -1.00. The van der Waals surface area contributed by atoms with Crippen LogP contribution in [0.15, 0.2) is 24.3 Å². The molecule has 0 saturated heterocycles. The smallest absolute Gasteiger partial charge is 0.316 e. The van der Waals surface area contributed by atoms with Crippen molar-refractivity contribution in [1.29, 1.82) is 0 Å². The van der Waals surface area contributed by atoms with Crippen LogP contribution in [0.25, 0.3) is 0 Å². The van der Waals surface area contributed by atoms with Crippen molar-refractivity contribution in [3.8, 4) is 0 Å². The molecule has 1 atom stereocenters. The van der Waals surface area contributed by atoms with Gasteiger partial charge in [-0.2, -0.15) is 0 Å². The van der Waals surface area contributed by atoms with E-state index in [0.29, 0.717) is 5.56 Å². The second-order valence-electron chi connectivity index (χ2n) is 3.78. The number of Topliss-reactive ketones (excluding diaryl/α,β-unsaturated/α-hetero) is 1. The van der Waals surface area contributed by atoms with Crippen molar-refractivity contribution in [3.63, 3.8) is 0 Å². The first-order valence-corrected chi connectivity index (χ1v) is 5.28. The third kappa shape index (κ3) is 3.13. The van der Waals surface area contributed by atoms with Gasteiger partial charge in [-0.05, 0) is 13.3 Å². The van der Waals surface area contributed by atoms with Crippen molar-refractivity contribution in [2.75, 3.05) is 7.11 Å². The molecule has 0 amide bonds. The molecule has 1 aromatic rings. The van der Waals surface area contributed by atoms with Crippen molar-refractivity contribution in [3.05, 3.63) is 39.9 Å². The lowest BCUT2D eigenvalue weighted by Crippen LogP contribution is -2.25. The van der Waals surface area contributed by atoms with Gasteiger partial charge in [0.25, 0.3) is 5.69 Å². The molecule has 0 aromatic heterocycles. The molecule has 6 heteroatoms. The molecule has 0 N–H and O–H groups in total. The lowest BCUT2D eigenvalue weighted by molar-refractivity contribution is -0.385. The number of hydrogen-bond donors (Lipinski definition) is 0. The summed E-state index contributed by atoms with van der Waals surface area (Å²) in [7, 11) is 1.18. The van der Waals surface area contributed by atoms with Crippen LogP contribution >= 0.6 is 0 Å². The first-order chi connectivity index (χ1) is 8.47. The van der Waals surface area contributed by atoms with Crippen molar-refractivity contribution < 1.29 is 19.2 Å². The number of rotatable bonds is 5. The summed E-state index contributed by atoms with van der Waals surface area (Å²) in [6, 6.07) is 6.01. The Morgan fingerprint density at radius 1 is 1.39 bits per heavy atom. The molecule has 0 radical (unpaired) electrons. The van der Waals surface area contributed by atoms with E-state index in [1.807, 2.05) is 0 Å². The summed E-state index contributed by atoms with van der Waals surface area (Å²) in [5.74, 6) is -2.06. The van der Waals surface area contributed by atoms with Crippen LogP contribution in [0.3, 0.4) is 0 Å². The van der Waals surface area contributed by atoms with E-state index in [-0.39, 0.29) is 17.9 Å². The number of nitrogens with zero attached hydrogens (tertiary/aromatic N) is 1. The lowest BCUT2D eigenvalue weighted by atomic mass is 9.95. The number of para-hydroxylation sites is 1. The predicted molar refractivity (Wildman–Crippen MR) is 63.0 cm³/mol. The first-order valence-electron chi connectivity index (χ1n) is 5.28. The second-order valence-corrected chi connectivity index (χ2v) is 3.78. The van der Waals surface area contributed by atoms with E-state index < -0.39 is 16.8 Å². The number of ketones is 1. The summed E-state index contributed by atoms with van der Waals surface area (Å²) >= 11 is 0. The second kappa shape index (κ2) is 5.90. The fourth-order valence-corrected chi connectivity index (χ4v) is 1.62. The minimum absolute atomic E-state index is 0.0286. The van der Waals surface area contributed by atoms with Crippen molar-refractivity contribution in [2.45, 2.75) is 13.3 Å². The highest BCUT2D eigenvalue weighted by Gasteiger charge is 2.27. The maximum absolute atomic E-state index is 11.4. The van der Waals surface area contributed by atoms with E-state index >= 15 is 0 Å². The maximum atomic E-state index is 11.4. The van der Waals surface area contributed by atoms with Gasteiger partial charge in [0.05, 0.1) is 12.0 Å². The Morgan fingerprint density at radius 2 is 2.00 bits per heavy atom. The van der Waals surface area contributed by atoms with Gasteiger partial charge in [0, 0.05) is 11.6 Å². The van der Waals surface area contributed by atoms with E-state index in [2.05, 4.69) is 4.74 Å². The molecule has 18 heavy (non-hydrogen) atoms. The molecule has 0 aliphatic heterocycles. The first kappa shape index (κ1) is 13.8. The zero-order valence-electron chi connectivity index (χ0n) is 10.1. The number of esters is 1. The van der Waals surface area contributed by atoms with Gasteiger partial charge in [-0.25, -0.2) is 0 Å². The summed E-state index contributed by atoms with van der Waals surface area (Å²) in [4.78, 5) is 33.1. The molecule has 1 aromatic carbocycles. The standard InChI is InChI=1S/C12H13NO5/c1-8(14)10(12(15)18-2)7-9-5-3-4-6-11(9)13(16)17/h3-6,10H,7H2,1-2H3. The van der Waals surface area contributed by atoms with Gasteiger partial charge in [0.15, 0.2) is 0 Å². The van der Waals surface area contributed by atoms with Gasteiger partial charge in [-0.1, -0.05) is 18.2 Å². The Morgan fingerprint density at radius 3 is 2.50 bits per heavy atom. The lowest BCUT2D eigenvalue weighted by Gasteiger charge is -2.11. The Balaban J connectivity index is 3.05. The van der Waals surface area contributed by atoms with Crippen LogP contribution in [0.4, 0.5) is 5.69 Å². The molecule has 96 valence electrons. The number of nitro groups is 1. The summed E-state index contributed by atoms with van der Waals surface area (Å²) in [6.45, 7) is 1.26. The van der Waals surface area contributed by atoms with E-state index in [0.717, 1.165) is 0 Å². The SMILES string of the molecule is COC(=O)C(Cc1ccccc1[N+](=O)[O-])C(C)=O. The van der Waals surface area contributed by atoms with Crippen LogP contribution in [-0.2, 0) is 20.7 Å². The number of nitro benzene ring substituents is 1. The summed E-state index contributed by atoms with van der Waals surface area (Å²) < 4.78 is 4.52. The quantitative estimate of drug-likeness (QED) is 0.342. The van der Waals surface area contributed by atoms with E-state index in [1.165, 1.54) is 32.2 Å². The third-order valence-corrected chi connectivity index (χ3v) is 2.59. The molecule has 0 heterocycles. The van der Waals surface area contributed by atoms with E-state index in [9.17, 15) is 19.7 Å². The molecule has 6 nitrogen and oxygen atoms in total. The van der Waals surface area contributed by atoms with Crippen molar-refractivity contribution in [2.24, 2.45) is 5.92 Å². The van der Waals surface area contributed by atoms with E-state index in [4.69, 9.17) is 0 Å². The molecular weight excluding hydrogens is 238 g/mol. The van der Waals surface area contributed by atoms with Gasteiger partial charge >= 0.3 is 5.97 Å². The Kier molecular flexibility index (Phi) is 4.53. The van der Waals surface area contributed by atoms with Crippen LogP contribution in [0.2, 0.25) is 0 Å². The normalized spacial score (nSPS) is 11.7. The number of benzene rings is 1. The molecular formula is C12H13NO5. The monoisotopic (exact) mass is 251 g/mol. The molecule has 1 rings (SSSR count). The van der Waals surface area contributed by atoms with Gasteiger partial charge in [0.2, 0.25) is 0 Å². The van der Waals surface area contributed by atoms with Gasteiger partial charge < -0.3 is 4.74 Å². The van der Waals surface area contributed by atoms with Crippen LogP contribution in [0.5, 0.6) is 0 Å². The zero-order valence-corrected chi connectivity index (χ0v) is 10.1. The minimum Gasteiger partial charge on any atom is -0.468 e. The largest absolute Gasteiger partial charge is 0.468 e. The van der Waals surface area contributed by atoms with Crippen molar-refractivity contribution in [1.82, 2.24) is 0 Å². The number of carbonyl (C=O) groups is 2. The van der Waals surface area contributed by atoms with Crippen LogP contribution < -0.4 is 0 Å². The fraction of sp³-hybridized carbons (Fsp3) is 0.333. The number of carbonyl (C=O) groups excluding carboxylic acids is 2.